The molecular weight excluding hydrogens is 390 g/mol. The van der Waals surface area contributed by atoms with Crippen LogP contribution in [0, 0.1) is 13.8 Å². The predicted octanol–water partition coefficient (Wildman–Crippen LogP) is 2.89. The molecule has 0 saturated heterocycles. The lowest BCUT2D eigenvalue weighted by Gasteiger charge is -2.44. The van der Waals surface area contributed by atoms with E-state index in [1.54, 1.807) is 25.1 Å². The van der Waals surface area contributed by atoms with Crippen molar-refractivity contribution < 1.29 is 9.59 Å². The number of hydrogen-bond donors (Lipinski definition) is 1. The van der Waals surface area contributed by atoms with Crippen LogP contribution < -0.4 is 10.2 Å². The molecule has 0 bridgehead atoms. The number of fused-ring (bicyclic) bond motifs is 1. The first kappa shape index (κ1) is 20.7. The van der Waals surface area contributed by atoms with Gasteiger partial charge in [-0.1, -0.05) is 42.5 Å². The van der Waals surface area contributed by atoms with Crippen LogP contribution in [0.2, 0.25) is 0 Å². The molecule has 0 unspecified atom stereocenters. The number of rotatable bonds is 5. The molecular formula is C24H27N5O2. The molecule has 1 atom stereocenters. The van der Waals surface area contributed by atoms with Gasteiger partial charge in [0, 0.05) is 25.4 Å². The normalized spacial score (nSPS) is 15.7. The van der Waals surface area contributed by atoms with Gasteiger partial charge in [-0.25, -0.2) is 0 Å². The van der Waals surface area contributed by atoms with E-state index < -0.39 is 6.17 Å². The summed E-state index contributed by atoms with van der Waals surface area (Å²) in [7, 11) is 3.41. The topological polar surface area (TPSA) is 70.5 Å². The molecule has 0 saturated carbocycles. The Labute approximate surface area is 182 Å². The van der Waals surface area contributed by atoms with E-state index >= 15 is 0 Å². The van der Waals surface area contributed by atoms with Crippen LogP contribution in [-0.2, 0) is 11.3 Å². The Morgan fingerprint density at radius 3 is 2.45 bits per heavy atom. The summed E-state index contributed by atoms with van der Waals surface area (Å²) in [4.78, 5) is 29.3. The maximum Gasteiger partial charge on any atom is 0.257 e. The first-order chi connectivity index (χ1) is 14.9. The van der Waals surface area contributed by atoms with Gasteiger partial charge in [0.1, 0.15) is 6.17 Å². The summed E-state index contributed by atoms with van der Waals surface area (Å²) < 4.78 is 1.97. The molecule has 31 heavy (non-hydrogen) atoms. The minimum Gasteiger partial charge on any atom is -0.358 e. The molecule has 1 aliphatic rings. The van der Waals surface area contributed by atoms with Gasteiger partial charge in [-0.2, -0.15) is 5.10 Å². The van der Waals surface area contributed by atoms with E-state index in [-0.39, 0.29) is 18.4 Å². The Morgan fingerprint density at radius 1 is 1.06 bits per heavy atom. The molecule has 0 radical (unpaired) electrons. The summed E-state index contributed by atoms with van der Waals surface area (Å²) in [5, 5.41) is 7.48. The first-order valence-electron chi connectivity index (χ1n) is 10.3. The number of aromatic nitrogens is 2. The Morgan fingerprint density at radius 2 is 1.74 bits per heavy atom. The first-order valence-corrected chi connectivity index (χ1v) is 10.3. The monoisotopic (exact) mass is 417 g/mol. The minimum absolute atomic E-state index is 0.0663. The van der Waals surface area contributed by atoms with Crippen molar-refractivity contribution in [2.75, 3.05) is 25.5 Å². The molecule has 4 rings (SSSR count). The highest BCUT2D eigenvalue weighted by Gasteiger charge is 2.39. The van der Waals surface area contributed by atoms with Gasteiger partial charge in [0.15, 0.2) is 0 Å². The fraction of sp³-hybridized carbons (Fsp3) is 0.292. The number of aryl methyl sites for hydroxylation is 1. The van der Waals surface area contributed by atoms with Gasteiger partial charge < -0.3 is 15.1 Å². The average Bonchev–Trinajstić information content (AvgIpc) is 3.05. The molecule has 160 valence electrons. The Balaban J connectivity index is 1.81. The lowest BCUT2D eigenvalue weighted by molar-refractivity contribution is -0.119. The number of likely N-dealkylation sites (N-methyl/N-ethyl adjacent to an activating group) is 1. The summed E-state index contributed by atoms with van der Waals surface area (Å²) in [5.41, 5.74) is 5.28. The fourth-order valence-corrected chi connectivity index (χ4v) is 4.30. The van der Waals surface area contributed by atoms with Crippen LogP contribution in [0.1, 0.15) is 39.0 Å². The van der Waals surface area contributed by atoms with Crippen LogP contribution in [0.15, 0.2) is 54.6 Å². The van der Waals surface area contributed by atoms with Crippen molar-refractivity contribution >= 4 is 17.5 Å². The van der Waals surface area contributed by atoms with Crippen LogP contribution >= 0.6 is 0 Å². The second-order valence-electron chi connectivity index (χ2n) is 7.84. The fourth-order valence-electron chi connectivity index (χ4n) is 4.30. The Hall–Kier alpha value is -3.61. The van der Waals surface area contributed by atoms with E-state index in [1.165, 1.54) is 0 Å². The van der Waals surface area contributed by atoms with E-state index in [2.05, 4.69) is 17.4 Å². The molecule has 0 fully saturated rings. The molecule has 0 spiro atoms. The molecule has 2 aromatic carbocycles. The van der Waals surface area contributed by atoms with E-state index in [4.69, 9.17) is 5.10 Å². The summed E-state index contributed by atoms with van der Waals surface area (Å²) in [6, 6.07) is 17.6. The van der Waals surface area contributed by atoms with Crippen molar-refractivity contribution in [1.82, 2.24) is 20.0 Å². The van der Waals surface area contributed by atoms with Gasteiger partial charge in [-0.3, -0.25) is 14.3 Å². The molecule has 2 amide bonds. The quantitative estimate of drug-likeness (QED) is 0.693. The van der Waals surface area contributed by atoms with E-state index in [9.17, 15) is 9.59 Å². The highest BCUT2D eigenvalue weighted by atomic mass is 16.2. The lowest BCUT2D eigenvalue weighted by Crippen LogP contribution is -2.50. The van der Waals surface area contributed by atoms with Crippen LogP contribution in [0.5, 0.6) is 0 Å². The highest BCUT2D eigenvalue weighted by Crippen LogP contribution is 2.39. The molecule has 3 aromatic rings. The van der Waals surface area contributed by atoms with Crippen molar-refractivity contribution in [3.63, 3.8) is 0 Å². The van der Waals surface area contributed by atoms with Crippen molar-refractivity contribution in [3.05, 3.63) is 82.7 Å². The van der Waals surface area contributed by atoms with Gasteiger partial charge in [0.05, 0.1) is 30.0 Å². The lowest BCUT2D eigenvalue weighted by atomic mass is 10.00. The van der Waals surface area contributed by atoms with E-state index in [0.29, 0.717) is 12.1 Å². The van der Waals surface area contributed by atoms with Crippen molar-refractivity contribution in [1.29, 1.82) is 0 Å². The highest BCUT2D eigenvalue weighted by molar-refractivity contribution is 6.02. The number of nitrogens with one attached hydrogen (secondary N) is 1. The second-order valence-corrected chi connectivity index (χ2v) is 7.84. The zero-order valence-corrected chi connectivity index (χ0v) is 18.3. The van der Waals surface area contributed by atoms with Crippen LogP contribution in [0.25, 0.3) is 0 Å². The van der Waals surface area contributed by atoms with Crippen molar-refractivity contribution in [3.8, 4) is 0 Å². The largest absolute Gasteiger partial charge is 0.358 e. The summed E-state index contributed by atoms with van der Waals surface area (Å²) in [6.45, 7) is 4.76. The molecule has 7 nitrogen and oxygen atoms in total. The Bertz CT molecular complexity index is 1120. The maximum atomic E-state index is 13.2. The molecule has 1 aromatic heterocycles. The zero-order chi connectivity index (χ0) is 22.1. The molecule has 0 aliphatic carbocycles. The number of benzene rings is 2. The van der Waals surface area contributed by atoms with Crippen molar-refractivity contribution in [2.24, 2.45) is 0 Å². The summed E-state index contributed by atoms with van der Waals surface area (Å²) in [6.07, 6.45) is -0.427. The third kappa shape index (κ3) is 3.67. The average molecular weight is 418 g/mol. The smallest absolute Gasteiger partial charge is 0.257 e. The number of carbonyl (C=O) groups is 2. The standard InChI is InChI=1S/C24H27N5O2/c1-16-22(17(2)29(26-16)14-18-10-6-5-7-11-18)23-27(4)24(31)19-12-8-9-13-20(19)28(23)15-21(30)25-3/h5-13,23H,14-15H2,1-4H3,(H,25,30)/t23-/m0/s1. The predicted molar refractivity (Wildman–Crippen MR) is 120 cm³/mol. The number of nitrogens with zero attached hydrogens (tertiary/aromatic N) is 4. The van der Waals surface area contributed by atoms with Crippen LogP contribution in [0.4, 0.5) is 5.69 Å². The van der Waals surface area contributed by atoms with E-state index in [0.717, 1.165) is 28.2 Å². The van der Waals surface area contributed by atoms with Crippen molar-refractivity contribution in [2.45, 2.75) is 26.6 Å². The van der Waals surface area contributed by atoms with Gasteiger partial charge in [-0.05, 0) is 31.5 Å². The second kappa shape index (κ2) is 8.26. The molecule has 1 N–H and O–H groups in total. The third-order valence-corrected chi connectivity index (χ3v) is 5.89. The summed E-state index contributed by atoms with van der Waals surface area (Å²) >= 11 is 0. The third-order valence-electron chi connectivity index (χ3n) is 5.89. The van der Waals surface area contributed by atoms with Crippen LogP contribution in [0.3, 0.4) is 0 Å². The van der Waals surface area contributed by atoms with Gasteiger partial charge in [-0.15, -0.1) is 0 Å². The molecule has 7 heteroatoms. The zero-order valence-electron chi connectivity index (χ0n) is 18.3. The van der Waals surface area contributed by atoms with Crippen LogP contribution in [-0.4, -0.2) is 47.1 Å². The Kier molecular flexibility index (Phi) is 5.50. The number of amides is 2. The minimum atomic E-state index is -0.427. The number of para-hydroxylation sites is 1. The molecule has 2 heterocycles. The summed E-state index contributed by atoms with van der Waals surface area (Å²) in [5.74, 6) is -0.182. The maximum absolute atomic E-state index is 13.2. The number of carbonyl (C=O) groups excluding carboxylic acids is 2. The van der Waals surface area contributed by atoms with E-state index in [1.807, 2.05) is 59.8 Å². The van der Waals surface area contributed by atoms with Gasteiger partial charge >= 0.3 is 0 Å². The number of anilines is 1. The number of hydrogen-bond acceptors (Lipinski definition) is 4. The van der Waals surface area contributed by atoms with Gasteiger partial charge in [0.2, 0.25) is 5.91 Å². The van der Waals surface area contributed by atoms with Gasteiger partial charge in [0.25, 0.3) is 5.91 Å². The molecule has 1 aliphatic heterocycles. The SMILES string of the molecule is CNC(=O)CN1c2ccccc2C(=O)N(C)[C@@H]1c1c(C)nn(Cc2ccccc2)c1C.